The fourth-order valence-electron chi connectivity index (χ4n) is 2.34. The number of carbonyl (C=O) groups is 2. The number of carboxylic acids is 1. The first-order valence-electron chi connectivity index (χ1n) is 7.00. The van der Waals surface area contributed by atoms with E-state index >= 15 is 0 Å². The summed E-state index contributed by atoms with van der Waals surface area (Å²) in [5, 5.41) is 14.9. The molecule has 0 radical (unpaired) electrons. The maximum atomic E-state index is 11.9. The molecule has 2 rings (SSSR count). The largest absolute Gasteiger partial charge is 0.478 e. The molecule has 0 saturated carbocycles. The van der Waals surface area contributed by atoms with Crippen molar-refractivity contribution in [3.8, 4) is 0 Å². The predicted molar refractivity (Wildman–Crippen MR) is 75.8 cm³/mol. The molecule has 1 amide bonds. The van der Waals surface area contributed by atoms with Crippen LogP contribution in [-0.4, -0.2) is 36.1 Å². The van der Waals surface area contributed by atoms with Gasteiger partial charge in [0.2, 0.25) is 5.91 Å². The topological polar surface area (TPSA) is 78.4 Å². The summed E-state index contributed by atoms with van der Waals surface area (Å²) >= 11 is 0. The lowest BCUT2D eigenvalue weighted by Crippen LogP contribution is -2.47. The quantitative estimate of drug-likeness (QED) is 0.754. The molecule has 1 aliphatic heterocycles. The van der Waals surface area contributed by atoms with Gasteiger partial charge in [-0.25, -0.2) is 4.79 Å². The van der Waals surface area contributed by atoms with Crippen molar-refractivity contribution in [2.24, 2.45) is 0 Å². The van der Waals surface area contributed by atoms with Crippen LogP contribution in [0.1, 0.15) is 35.2 Å². The molecule has 1 heterocycles. The molecule has 1 aliphatic rings. The number of carbonyl (C=O) groups excluding carboxylic acids is 1. The number of carboxylic acid groups (broad SMARTS) is 1. The molecule has 0 bridgehead atoms. The molecular formula is C15H20N2O3. The third-order valence-corrected chi connectivity index (χ3v) is 3.54. The van der Waals surface area contributed by atoms with Crippen LogP contribution in [-0.2, 0) is 11.2 Å². The van der Waals surface area contributed by atoms with Crippen LogP contribution in [0.2, 0.25) is 0 Å². The normalized spacial score (nSPS) is 18.5. The van der Waals surface area contributed by atoms with Crippen molar-refractivity contribution < 1.29 is 14.7 Å². The van der Waals surface area contributed by atoms with E-state index in [2.05, 4.69) is 10.6 Å². The molecule has 3 N–H and O–H groups in total. The van der Waals surface area contributed by atoms with Crippen molar-refractivity contribution in [3.63, 3.8) is 0 Å². The Morgan fingerprint density at radius 2 is 2.00 bits per heavy atom. The number of amides is 1. The minimum absolute atomic E-state index is 0.0573. The van der Waals surface area contributed by atoms with Gasteiger partial charge < -0.3 is 15.7 Å². The highest BCUT2D eigenvalue weighted by Crippen LogP contribution is 2.07. The third-order valence-electron chi connectivity index (χ3n) is 3.54. The van der Waals surface area contributed by atoms with Gasteiger partial charge in [-0.3, -0.25) is 4.79 Å². The summed E-state index contributed by atoms with van der Waals surface area (Å²) in [5.74, 6) is -0.861. The Morgan fingerprint density at radius 1 is 1.25 bits per heavy atom. The van der Waals surface area contributed by atoms with E-state index in [4.69, 9.17) is 5.11 Å². The van der Waals surface area contributed by atoms with E-state index in [-0.39, 0.29) is 17.5 Å². The Bertz CT molecular complexity index is 465. The van der Waals surface area contributed by atoms with Gasteiger partial charge >= 0.3 is 5.97 Å². The average Bonchev–Trinajstić information content (AvgIpc) is 2.48. The van der Waals surface area contributed by atoms with Crippen molar-refractivity contribution in [1.29, 1.82) is 0 Å². The van der Waals surface area contributed by atoms with Crippen LogP contribution in [0, 0.1) is 0 Å². The van der Waals surface area contributed by atoms with Crippen LogP contribution in [0.5, 0.6) is 0 Å². The zero-order chi connectivity index (χ0) is 14.4. The molecule has 1 aromatic carbocycles. The van der Waals surface area contributed by atoms with Crippen LogP contribution < -0.4 is 10.6 Å². The number of rotatable bonds is 5. The van der Waals surface area contributed by atoms with Crippen molar-refractivity contribution in [3.05, 3.63) is 35.4 Å². The van der Waals surface area contributed by atoms with Gasteiger partial charge in [0, 0.05) is 6.54 Å². The van der Waals surface area contributed by atoms with Gasteiger partial charge in [0.25, 0.3) is 0 Å². The Labute approximate surface area is 118 Å². The lowest BCUT2D eigenvalue weighted by Gasteiger charge is -2.22. The summed E-state index contributed by atoms with van der Waals surface area (Å²) in [7, 11) is 0. The zero-order valence-corrected chi connectivity index (χ0v) is 11.4. The summed E-state index contributed by atoms with van der Waals surface area (Å²) in [4.78, 5) is 22.6. The van der Waals surface area contributed by atoms with Crippen molar-refractivity contribution in [1.82, 2.24) is 10.6 Å². The van der Waals surface area contributed by atoms with Gasteiger partial charge in [-0.15, -0.1) is 0 Å². The van der Waals surface area contributed by atoms with Gasteiger partial charge in [0.05, 0.1) is 11.6 Å². The summed E-state index contributed by atoms with van der Waals surface area (Å²) in [5.41, 5.74) is 1.30. The average molecular weight is 276 g/mol. The lowest BCUT2D eigenvalue weighted by molar-refractivity contribution is -0.123. The fraction of sp³-hybridized carbons (Fsp3) is 0.467. The van der Waals surface area contributed by atoms with Gasteiger partial charge in [0.15, 0.2) is 0 Å². The van der Waals surface area contributed by atoms with E-state index in [1.807, 2.05) is 0 Å². The Balaban J connectivity index is 1.74. The Hall–Kier alpha value is -1.88. The predicted octanol–water partition coefficient (Wildman–Crippen LogP) is 1.19. The first-order chi connectivity index (χ1) is 9.66. The van der Waals surface area contributed by atoms with Gasteiger partial charge in [0.1, 0.15) is 0 Å². The maximum Gasteiger partial charge on any atom is 0.335 e. The highest BCUT2D eigenvalue weighted by molar-refractivity contribution is 5.87. The SMILES string of the molecule is O=C(O)c1ccc(CCNC(=O)[C@H]2CCCCN2)cc1. The van der Waals surface area contributed by atoms with E-state index in [9.17, 15) is 9.59 Å². The summed E-state index contributed by atoms with van der Waals surface area (Å²) in [6.07, 6.45) is 3.85. The van der Waals surface area contributed by atoms with Gasteiger partial charge in [-0.2, -0.15) is 0 Å². The van der Waals surface area contributed by atoms with E-state index in [0.717, 1.165) is 31.4 Å². The number of nitrogens with one attached hydrogen (secondary N) is 2. The van der Waals surface area contributed by atoms with Crippen molar-refractivity contribution in [2.45, 2.75) is 31.7 Å². The molecule has 5 nitrogen and oxygen atoms in total. The van der Waals surface area contributed by atoms with Crippen LogP contribution in [0.25, 0.3) is 0 Å². The van der Waals surface area contributed by atoms with Crippen LogP contribution in [0.4, 0.5) is 0 Å². The highest BCUT2D eigenvalue weighted by atomic mass is 16.4. The first kappa shape index (κ1) is 14.5. The van der Waals surface area contributed by atoms with E-state index in [1.54, 1.807) is 24.3 Å². The van der Waals surface area contributed by atoms with Crippen LogP contribution >= 0.6 is 0 Å². The second kappa shape index (κ2) is 7.05. The molecule has 1 fully saturated rings. The van der Waals surface area contributed by atoms with E-state index < -0.39 is 5.97 Å². The molecule has 1 aromatic rings. The smallest absolute Gasteiger partial charge is 0.335 e. The lowest BCUT2D eigenvalue weighted by atomic mass is 10.0. The molecule has 1 atom stereocenters. The van der Waals surface area contributed by atoms with Crippen molar-refractivity contribution >= 4 is 11.9 Å². The van der Waals surface area contributed by atoms with Crippen LogP contribution in [0.15, 0.2) is 24.3 Å². The standard InChI is InChI=1S/C15H20N2O3/c18-14(13-3-1-2-9-16-13)17-10-8-11-4-6-12(7-5-11)15(19)20/h4-7,13,16H,1-3,8-10H2,(H,17,18)(H,19,20)/t13-/m1/s1. The van der Waals surface area contributed by atoms with Gasteiger partial charge in [-0.1, -0.05) is 18.6 Å². The summed E-state index contributed by atoms with van der Waals surface area (Å²) < 4.78 is 0. The molecular weight excluding hydrogens is 256 g/mol. The van der Waals surface area contributed by atoms with Gasteiger partial charge in [-0.05, 0) is 43.5 Å². The number of hydrogen-bond acceptors (Lipinski definition) is 3. The van der Waals surface area contributed by atoms with E-state index in [0.29, 0.717) is 13.0 Å². The first-order valence-corrected chi connectivity index (χ1v) is 7.00. The fourth-order valence-corrected chi connectivity index (χ4v) is 2.34. The number of piperidine rings is 1. The molecule has 0 unspecified atom stereocenters. The number of hydrogen-bond donors (Lipinski definition) is 3. The molecule has 108 valence electrons. The highest BCUT2D eigenvalue weighted by Gasteiger charge is 2.19. The molecule has 1 saturated heterocycles. The monoisotopic (exact) mass is 276 g/mol. The Morgan fingerprint density at radius 3 is 2.60 bits per heavy atom. The van der Waals surface area contributed by atoms with E-state index in [1.165, 1.54) is 0 Å². The molecule has 0 aliphatic carbocycles. The second-order valence-electron chi connectivity index (χ2n) is 5.05. The molecule has 5 heteroatoms. The third kappa shape index (κ3) is 4.06. The summed E-state index contributed by atoms with van der Waals surface area (Å²) in [6.45, 7) is 1.48. The zero-order valence-electron chi connectivity index (χ0n) is 11.4. The molecule has 0 aromatic heterocycles. The van der Waals surface area contributed by atoms with Crippen molar-refractivity contribution in [2.75, 3.05) is 13.1 Å². The molecule has 0 spiro atoms. The second-order valence-corrected chi connectivity index (χ2v) is 5.05. The number of benzene rings is 1. The minimum Gasteiger partial charge on any atom is -0.478 e. The van der Waals surface area contributed by atoms with Crippen LogP contribution in [0.3, 0.4) is 0 Å². The molecule has 20 heavy (non-hydrogen) atoms. The maximum absolute atomic E-state index is 11.9. The Kier molecular flexibility index (Phi) is 5.12. The summed E-state index contributed by atoms with van der Waals surface area (Å²) in [6, 6.07) is 6.69. The minimum atomic E-state index is -0.923. The number of aromatic carboxylic acids is 1.